The van der Waals surface area contributed by atoms with Crippen LogP contribution in [0.4, 0.5) is 5.69 Å². The standard InChI is InChI=1S/C23H25Cl2N5O3/c1-32-17-7-5-16(6-8-17)23-27-21(33-28-23)15-30-13-11-29(12-14-30)10-9-20(31)26-22-18(24)3-2-4-19(22)25/h2-8H,9-15H2,1H3,(H,26,31). The Morgan fingerprint density at radius 1 is 1.06 bits per heavy atom. The van der Waals surface area contributed by atoms with Crippen molar-refractivity contribution in [1.82, 2.24) is 19.9 Å². The van der Waals surface area contributed by atoms with Gasteiger partial charge in [-0.25, -0.2) is 0 Å². The number of para-hydroxylation sites is 1. The van der Waals surface area contributed by atoms with E-state index in [0.717, 1.165) is 37.5 Å². The van der Waals surface area contributed by atoms with Crippen molar-refractivity contribution in [3.05, 3.63) is 58.4 Å². The van der Waals surface area contributed by atoms with Crippen LogP contribution in [0.2, 0.25) is 10.0 Å². The van der Waals surface area contributed by atoms with Gasteiger partial charge in [0, 0.05) is 44.7 Å². The minimum Gasteiger partial charge on any atom is -0.497 e. The number of anilines is 1. The summed E-state index contributed by atoms with van der Waals surface area (Å²) in [7, 11) is 1.63. The molecule has 0 unspecified atom stereocenters. The first kappa shape index (κ1) is 23.5. The highest BCUT2D eigenvalue weighted by atomic mass is 35.5. The van der Waals surface area contributed by atoms with Gasteiger partial charge in [0.1, 0.15) is 5.75 Å². The zero-order valence-corrected chi connectivity index (χ0v) is 19.8. The number of carbonyl (C=O) groups excluding carboxylic acids is 1. The molecular formula is C23H25Cl2N5O3. The van der Waals surface area contributed by atoms with Crippen LogP contribution >= 0.6 is 23.2 Å². The number of hydrogen-bond donors (Lipinski definition) is 1. The molecule has 0 aliphatic carbocycles. The zero-order valence-electron chi connectivity index (χ0n) is 18.3. The van der Waals surface area contributed by atoms with Crippen molar-refractivity contribution in [2.75, 3.05) is 45.2 Å². The fourth-order valence-electron chi connectivity index (χ4n) is 3.62. The van der Waals surface area contributed by atoms with Gasteiger partial charge in [0.2, 0.25) is 17.6 Å². The third kappa shape index (κ3) is 6.23. The van der Waals surface area contributed by atoms with E-state index in [1.54, 1.807) is 25.3 Å². The van der Waals surface area contributed by atoms with Crippen LogP contribution in [0.25, 0.3) is 11.4 Å². The van der Waals surface area contributed by atoms with Crippen molar-refractivity contribution in [3.8, 4) is 17.1 Å². The maximum atomic E-state index is 12.3. The van der Waals surface area contributed by atoms with Gasteiger partial charge in [-0.1, -0.05) is 34.4 Å². The van der Waals surface area contributed by atoms with E-state index in [1.807, 2.05) is 24.3 Å². The van der Waals surface area contributed by atoms with Gasteiger partial charge < -0.3 is 19.5 Å². The first-order chi connectivity index (χ1) is 16.0. The Kier molecular flexibility index (Phi) is 7.82. The molecule has 1 N–H and O–H groups in total. The molecule has 3 aromatic rings. The molecule has 8 nitrogen and oxygen atoms in total. The Balaban J connectivity index is 1.21. The molecule has 1 aliphatic heterocycles. The monoisotopic (exact) mass is 489 g/mol. The lowest BCUT2D eigenvalue weighted by molar-refractivity contribution is -0.116. The van der Waals surface area contributed by atoms with Crippen LogP contribution in [0.3, 0.4) is 0 Å². The number of ether oxygens (including phenoxy) is 1. The number of benzene rings is 2. The summed E-state index contributed by atoms with van der Waals surface area (Å²) in [5.74, 6) is 1.83. The number of carbonyl (C=O) groups is 1. The number of methoxy groups -OCH3 is 1. The molecule has 0 radical (unpaired) electrons. The molecule has 1 aromatic heterocycles. The van der Waals surface area contributed by atoms with Crippen LogP contribution in [0.1, 0.15) is 12.3 Å². The number of piperazine rings is 1. The lowest BCUT2D eigenvalue weighted by atomic mass is 10.2. The van der Waals surface area contributed by atoms with Gasteiger partial charge in [0.25, 0.3) is 0 Å². The van der Waals surface area contributed by atoms with E-state index < -0.39 is 0 Å². The lowest BCUT2D eigenvalue weighted by Gasteiger charge is -2.33. The largest absolute Gasteiger partial charge is 0.497 e. The second-order valence-corrected chi connectivity index (χ2v) is 8.57. The summed E-state index contributed by atoms with van der Waals surface area (Å²) in [6.45, 7) is 4.71. The number of aromatic nitrogens is 2. The topological polar surface area (TPSA) is 83.7 Å². The number of amides is 1. The van der Waals surface area contributed by atoms with E-state index in [-0.39, 0.29) is 5.91 Å². The maximum absolute atomic E-state index is 12.3. The first-order valence-corrected chi connectivity index (χ1v) is 11.4. The summed E-state index contributed by atoms with van der Waals surface area (Å²) in [6.07, 6.45) is 0.371. The maximum Gasteiger partial charge on any atom is 0.241 e. The molecule has 1 saturated heterocycles. The molecule has 0 atom stereocenters. The van der Waals surface area contributed by atoms with E-state index >= 15 is 0 Å². The van der Waals surface area contributed by atoms with E-state index in [4.69, 9.17) is 32.5 Å². The summed E-state index contributed by atoms with van der Waals surface area (Å²) >= 11 is 12.2. The lowest BCUT2D eigenvalue weighted by Crippen LogP contribution is -2.46. The first-order valence-electron chi connectivity index (χ1n) is 10.7. The zero-order chi connectivity index (χ0) is 23.2. The van der Waals surface area contributed by atoms with E-state index in [0.29, 0.717) is 47.0 Å². The normalized spacial score (nSPS) is 14.9. The molecule has 2 heterocycles. The average Bonchev–Trinajstić information content (AvgIpc) is 3.29. The molecule has 4 rings (SSSR count). The third-order valence-electron chi connectivity index (χ3n) is 5.52. The van der Waals surface area contributed by atoms with Crippen molar-refractivity contribution in [1.29, 1.82) is 0 Å². The molecule has 1 aliphatic rings. The quantitative estimate of drug-likeness (QED) is 0.507. The highest BCUT2D eigenvalue weighted by molar-refractivity contribution is 6.39. The minimum atomic E-state index is -0.107. The van der Waals surface area contributed by atoms with Gasteiger partial charge in [-0.15, -0.1) is 0 Å². The van der Waals surface area contributed by atoms with E-state index in [1.165, 1.54) is 0 Å². The molecule has 33 heavy (non-hydrogen) atoms. The molecule has 10 heteroatoms. The van der Waals surface area contributed by atoms with Gasteiger partial charge in [0.15, 0.2) is 0 Å². The number of rotatable bonds is 8. The van der Waals surface area contributed by atoms with Crippen molar-refractivity contribution in [2.45, 2.75) is 13.0 Å². The number of nitrogens with one attached hydrogen (secondary N) is 1. The number of hydrogen-bond acceptors (Lipinski definition) is 7. The molecular weight excluding hydrogens is 465 g/mol. The minimum absolute atomic E-state index is 0.107. The van der Waals surface area contributed by atoms with E-state index in [9.17, 15) is 4.79 Å². The Labute approximate surface area is 202 Å². The Morgan fingerprint density at radius 2 is 1.73 bits per heavy atom. The third-order valence-corrected chi connectivity index (χ3v) is 6.15. The predicted molar refractivity (Wildman–Crippen MR) is 128 cm³/mol. The van der Waals surface area contributed by atoms with Gasteiger partial charge in [-0.3, -0.25) is 9.69 Å². The molecule has 0 saturated carbocycles. The summed E-state index contributed by atoms with van der Waals surface area (Å²) in [4.78, 5) is 21.4. The number of nitrogens with zero attached hydrogens (tertiary/aromatic N) is 4. The Bertz CT molecular complexity index is 1060. The molecule has 1 amide bonds. The molecule has 2 aromatic carbocycles. The van der Waals surface area contributed by atoms with Crippen LogP contribution in [-0.2, 0) is 11.3 Å². The van der Waals surface area contributed by atoms with E-state index in [2.05, 4.69) is 25.3 Å². The van der Waals surface area contributed by atoms with Crippen molar-refractivity contribution in [2.24, 2.45) is 0 Å². The van der Waals surface area contributed by atoms with Crippen LogP contribution in [0, 0.1) is 0 Å². The molecule has 0 bridgehead atoms. The average molecular weight is 490 g/mol. The van der Waals surface area contributed by atoms with Crippen LogP contribution in [0.15, 0.2) is 47.0 Å². The van der Waals surface area contributed by atoms with Gasteiger partial charge in [-0.2, -0.15) is 4.98 Å². The second kappa shape index (κ2) is 11.0. The number of halogens is 2. The predicted octanol–water partition coefficient (Wildman–Crippen LogP) is 4.20. The van der Waals surface area contributed by atoms with Crippen LogP contribution < -0.4 is 10.1 Å². The smallest absolute Gasteiger partial charge is 0.241 e. The SMILES string of the molecule is COc1ccc(-c2noc(CN3CCN(CCC(=O)Nc4c(Cl)cccc4Cl)CC3)n2)cc1. The Morgan fingerprint density at radius 3 is 2.39 bits per heavy atom. The fraction of sp³-hybridized carbons (Fsp3) is 0.348. The molecule has 174 valence electrons. The van der Waals surface area contributed by atoms with Gasteiger partial charge in [-0.05, 0) is 36.4 Å². The van der Waals surface area contributed by atoms with Crippen LogP contribution in [0.5, 0.6) is 5.75 Å². The Hall–Kier alpha value is -2.65. The molecule has 0 spiro atoms. The summed E-state index contributed by atoms with van der Waals surface area (Å²) < 4.78 is 10.6. The highest BCUT2D eigenvalue weighted by Gasteiger charge is 2.20. The summed E-state index contributed by atoms with van der Waals surface area (Å²) in [5, 5.41) is 7.76. The highest BCUT2D eigenvalue weighted by Crippen LogP contribution is 2.29. The fourth-order valence-corrected chi connectivity index (χ4v) is 4.11. The molecule has 1 fully saturated rings. The summed E-state index contributed by atoms with van der Waals surface area (Å²) in [6, 6.07) is 12.7. The van der Waals surface area contributed by atoms with Crippen molar-refractivity contribution >= 4 is 34.8 Å². The summed E-state index contributed by atoms with van der Waals surface area (Å²) in [5.41, 5.74) is 1.34. The van der Waals surface area contributed by atoms with Gasteiger partial charge in [0.05, 0.1) is 29.4 Å². The van der Waals surface area contributed by atoms with Gasteiger partial charge >= 0.3 is 0 Å². The van der Waals surface area contributed by atoms with Crippen molar-refractivity contribution in [3.63, 3.8) is 0 Å². The second-order valence-electron chi connectivity index (χ2n) is 7.75. The van der Waals surface area contributed by atoms with Crippen LogP contribution in [-0.4, -0.2) is 65.7 Å². The van der Waals surface area contributed by atoms with Crippen molar-refractivity contribution < 1.29 is 14.1 Å².